The molecule has 0 unspecified atom stereocenters. The number of rotatable bonds is 5. The predicted molar refractivity (Wildman–Crippen MR) is 87.7 cm³/mol. The molecule has 0 atom stereocenters. The zero-order chi connectivity index (χ0) is 14.8. The summed E-state index contributed by atoms with van der Waals surface area (Å²) in [4.78, 5) is 0. The van der Waals surface area contributed by atoms with E-state index in [0.29, 0.717) is 6.61 Å². The van der Waals surface area contributed by atoms with Gasteiger partial charge in [0, 0.05) is 5.33 Å². The Morgan fingerprint density at radius 2 is 1.60 bits per heavy atom. The third-order valence-corrected chi connectivity index (χ3v) is 3.27. The smallest absolute Gasteiger partial charge is 0.161 e. The molecule has 20 heavy (non-hydrogen) atoms. The zero-order valence-electron chi connectivity index (χ0n) is 12.2. The molecule has 0 saturated carbocycles. The third-order valence-electron chi connectivity index (χ3n) is 2.62. The van der Waals surface area contributed by atoms with E-state index in [9.17, 15) is 0 Å². The number of methoxy groups -OCH3 is 1. The van der Waals surface area contributed by atoms with Crippen molar-refractivity contribution in [1.82, 2.24) is 0 Å². The highest BCUT2D eigenvalue weighted by molar-refractivity contribution is 9.08. The Labute approximate surface area is 129 Å². The van der Waals surface area contributed by atoms with Crippen LogP contribution in [0.2, 0.25) is 0 Å². The summed E-state index contributed by atoms with van der Waals surface area (Å²) in [6.07, 6.45) is 0. The quantitative estimate of drug-likeness (QED) is 0.699. The van der Waals surface area contributed by atoms with Gasteiger partial charge in [-0.1, -0.05) is 66.2 Å². The van der Waals surface area contributed by atoms with Crippen molar-refractivity contribution in [2.45, 2.75) is 25.8 Å². The maximum atomic E-state index is 5.77. The summed E-state index contributed by atoms with van der Waals surface area (Å²) < 4.78 is 11.1. The highest BCUT2D eigenvalue weighted by Gasteiger charge is 2.05. The van der Waals surface area contributed by atoms with Gasteiger partial charge in [0.2, 0.25) is 0 Å². The lowest BCUT2D eigenvalue weighted by Crippen LogP contribution is -1.98. The molecular weight excluding hydrogens is 316 g/mol. The summed E-state index contributed by atoms with van der Waals surface area (Å²) in [6.45, 7) is 4.55. The van der Waals surface area contributed by atoms with Crippen LogP contribution < -0.4 is 9.47 Å². The first-order chi connectivity index (χ1) is 9.83. The zero-order valence-corrected chi connectivity index (χ0v) is 13.8. The van der Waals surface area contributed by atoms with Gasteiger partial charge >= 0.3 is 0 Å². The Morgan fingerprint density at radius 3 is 2.20 bits per heavy atom. The van der Waals surface area contributed by atoms with Crippen LogP contribution in [0.25, 0.3) is 0 Å². The molecule has 0 N–H and O–H groups in total. The van der Waals surface area contributed by atoms with Crippen LogP contribution in [0.4, 0.5) is 0 Å². The summed E-state index contributed by atoms with van der Waals surface area (Å²) >= 11 is 3.42. The SMILES string of the molecule is CC.COc1cc(CBr)ccc1OCc1ccccc1. The van der Waals surface area contributed by atoms with Gasteiger partial charge in [-0.2, -0.15) is 0 Å². The molecule has 0 amide bonds. The lowest BCUT2D eigenvalue weighted by molar-refractivity contribution is 0.284. The summed E-state index contributed by atoms with van der Waals surface area (Å²) in [6, 6.07) is 16.0. The average molecular weight is 337 g/mol. The van der Waals surface area contributed by atoms with Crippen molar-refractivity contribution in [3.8, 4) is 11.5 Å². The highest BCUT2D eigenvalue weighted by atomic mass is 79.9. The molecule has 2 nitrogen and oxygen atoms in total. The molecule has 2 aromatic rings. The van der Waals surface area contributed by atoms with E-state index in [1.54, 1.807) is 7.11 Å². The van der Waals surface area contributed by atoms with Gasteiger partial charge in [-0.25, -0.2) is 0 Å². The maximum absolute atomic E-state index is 5.77. The molecular formula is C17H21BrO2. The molecule has 3 heteroatoms. The fourth-order valence-corrected chi connectivity index (χ4v) is 2.00. The lowest BCUT2D eigenvalue weighted by atomic mass is 10.2. The van der Waals surface area contributed by atoms with Gasteiger partial charge in [0.15, 0.2) is 11.5 Å². The molecule has 2 aromatic carbocycles. The maximum Gasteiger partial charge on any atom is 0.161 e. The fourth-order valence-electron chi connectivity index (χ4n) is 1.65. The first kappa shape index (κ1) is 16.6. The van der Waals surface area contributed by atoms with Gasteiger partial charge in [-0.15, -0.1) is 0 Å². The number of alkyl halides is 1. The van der Waals surface area contributed by atoms with E-state index in [4.69, 9.17) is 9.47 Å². The van der Waals surface area contributed by atoms with Crippen LogP contribution in [0.1, 0.15) is 25.0 Å². The van der Waals surface area contributed by atoms with E-state index in [2.05, 4.69) is 15.9 Å². The van der Waals surface area contributed by atoms with Crippen molar-refractivity contribution in [3.05, 3.63) is 59.7 Å². The summed E-state index contributed by atoms with van der Waals surface area (Å²) in [5.41, 5.74) is 2.31. The molecule has 2 rings (SSSR count). The monoisotopic (exact) mass is 336 g/mol. The fraction of sp³-hybridized carbons (Fsp3) is 0.294. The van der Waals surface area contributed by atoms with Crippen molar-refractivity contribution in [1.29, 1.82) is 0 Å². The van der Waals surface area contributed by atoms with E-state index >= 15 is 0 Å². The van der Waals surface area contributed by atoms with Crippen LogP contribution in [0, 0.1) is 0 Å². The summed E-state index contributed by atoms with van der Waals surface area (Å²) in [5, 5.41) is 0.808. The number of ether oxygens (including phenoxy) is 2. The van der Waals surface area contributed by atoms with Crippen molar-refractivity contribution in [2.75, 3.05) is 7.11 Å². The van der Waals surface area contributed by atoms with Gasteiger partial charge < -0.3 is 9.47 Å². The molecule has 108 valence electrons. The normalized spacial score (nSPS) is 9.40. The van der Waals surface area contributed by atoms with Crippen molar-refractivity contribution in [3.63, 3.8) is 0 Å². The largest absolute Gasteiger partial charge is 0.493 e. The van der Waals surface area contributed by atoms with Crippen molar-refractivity contribution in [2.24, 2.45) is 0 Å². The topological polar surface area (TPSA) is 18.5 Å². The molecule has 0 radical (unpaired) electrons. The predicted octanol–water partition coefficient (Wildman–Crippen LogP) is 5.20. The van der Waals surface area contributed by atoms with E-state index in [1.807, 2.05) is 62.4 Å². The second-order valence-corrected chi connectivity index (χ2v) is 4.45. The molecule has 0 spiro atoms. The van der Waals surface area contributed by atoms with Crippen LogP contribution >= 0.6 is 15.9 Å². The summed E-state index contributed by atoms with van der Waals surface area (Å²) in [5.74, 6) is 1.54. The van der Waals surface area contributed by atoms with Crippen LogP contribution in [0.3, 0.4) is 0 Å². The Kier molecular flexibility index (Phi) is 7.81. The van der Waals surface area contributed by atoms with Crippen LogP contribution in [-0.2, 0) is 11.9 Å². The third kappa shape index (κ3) is 4.89. The Hall–Kier alpha value is -1.48. The van der Waals surface area contributed by atoms with Crippen LogP contribution in [-0.4, -0.2) is 7.11 Å². The van der Waals surface area contributed by atoms with E-state index < -0.39 is 0 Å². The van der Waals surface area contributed by atoms with Crippen LogP contribution in [0.15, 0.2) is 48.5 Å². The Balaban J connectivity index is 0.000000956. The molecule has 0 aliphatic rings. The number of halogens is 1. The van der Waals surface area contributed by atoms with Gasteiger partial charge in [0.1, 0.15) is 6.61 Å². The second kappa shape index (κ2) is 9.43. The molecule has 0 bridgehead atoms. The summed E-state index contributed by atoms with van der Waals surface area (Å²) in [7, 11) is 1.66. The standard InChI is InChI=1S/C15H15BrO2.C2H6/c1-17-15-9-13(10-16)7-8-14(15)18-11-12-5-3-2-4-6-12;1-2/h2-9H,10-11H2,1H3;1-2H3. The minimum absolute atomic E-state index is 0.546. The molecule has 0 heterocycles. The second-order valence-electron chi connectivity index (χ2n) is 3.89. The average Bonchev–Trinajstić information content (AvgIpc) is 2.55. The van der Waals surface area contributed by atoms with E-state index in [-0.39, 0.29) is 0 Å². The van der Waals surface area contributed by atoms with Gasteiger partial charge in [-0.3, -0.25) is 0 Å². The first-order valence-corrected chi connectivity index (χ1v) is 7.85. The van der Waals surface area contributed by atoms with E-state index in [1.165, 1.54) is 5.56 Å². The lowest BCUT2D eigenvalue weighted by Gasteiger charge is -2.11. The van der Waals surface area contributed by atoms with Gasteiger partial charge in [0.05, 0.1) is 7.11 Å². The molecule has 0 aliphatic heterocycles. The molecule has 0 aliphatic carbocycles. The Bertz CT molecular complexity index is 498. The van der Waals surface area contributed by atoms with Crippen molar-refractivity contribution < 1.29 is 9.47 Å². The minimum atomic E-state index is 0.546. The molecule has 0 saturated heterocycles. The van der Waals surface area contributed by atoms with E-state index in [0.717, 1.165) is 22.4 Å². The first-order valence-electron chi connectivity index (χ1n) is 6.73. The molecule has 0 fully saturated rings. The van der Waals surface area contributed by atoms with Crippen molar-refractivity contribution >= 4 is 15.9 Å². The van der Waals surface area contributed by atoms with Gasteiger partial charge in [-0.05, 0) is 23.3 Å². The number of benzene rings is 2. The highest BCUT2D eigenvalue weighted by Crippen LogP contribution is 2.29. The molecule has 0 aromatic heterocycles. The van der Waals surface area contributed by atoms with Crippen LogP contribution in [0.5, 0.6) is 11.5 Å². The number of hydrogen-bond acceptors (Lipinski definition) is 2. The minimum Gasteiger partial charge on any atom is -0.493 e. The number of hydrogen-bond donors (Lipinski definition) is 0. The van der Waals surface area contributed by atoms with Gasteiger partial charge in [0.25, 0.3) is 0 Å². The Morgan fingerprint density at radius 1 is 0.900 bits per heavy atom.